The molecule has 1 aromatic rings. The van der Waals surface area contributed by atoms with Crippen molar-refractivity contribution in [2.75, 3.05) is 27.4 Å². The summed E-state index contributed by atoms with van der Waals surface area (Å²) in [5.41, 5.74) is -0.0731. The van der Waals surface area contributed by atoms with Crippen molar-refractivity contribution in [3.8, 4) is 0 Å². The molecule has 1 unspecified atom stereocenters. The van der Waals surface area contributed by atoms with Crippen molar-refractivity contribution in [3.63, 3.8) is 0 Å². The molecule has 0 amide bonds. The van der Waals surface area contributed by atoms with Gasteiger partial charge in [0.15, 0.2) is 0 Å². The summed E-state index contributed by atoms with van der Waals surface area (Å²) in [6.07, 6.45) is 1.48. The monoisotopic (exact) mass is 271 g/mol. The van der Waals surface area contributed by atoms with Crippen LogP contribution in [0, 0.1) is 0 Å². The first kappa shape index (κ1) is 15.6. The smallest absolute Gasteiger partial charge is 0.330 e. The highest BCUT2D eigenvalue weighted by Gasteiger charge is 2.09. The molecule has 1 N–H and O–H groups in total. The Hall–Kier alpha value is -1.44. The summed E-state index contributed by atoms with van der Waals surface area (Å²) >= 11 is 0. The number of aromatic nitrogens is 2. The zero-order valence-electron chi connectivity index (χ0n) is 11.8. The number of nitrogens with one attached hydrogen (secondary N) is 1. The van der Waals surface area contributed by atoms with Gasteiger partial charge in [-0.1, -0.05) is 0 Å². The topological polar surface area (TPSA) is 74.5 Å². The minimum absolute atomic E-state index is 0.0682. The summed E-state index contributed by atoms with van der Waals surface area (Å²) in [5.74, 6) is 0. The van der Waals surface area contributed by atoms with Crippen molar-refractivity contribution in [2.24, 2.45) is 14.1 Å². The average Bonchev–Trinajstić information content (AvgIpc) is 2.41. The van der Waals surface area contributed by atoms with E-state index in [1.165, 1.54) is 11.6 Å². The van der Waals surface area contributed by atoms with E-state index in [0.29, 0.717) is 25.3 Å². The lowest BCUT2D eigenvalue weighted by molar-refractivity contribution is 0.0287. The maximum absolute atomic E-state index is 11.9. The van der Waals surface area contributed by atoms with E-state index >= 15 is 0 Å². The molecule has 0 spiro atoms. The Morgan fingerprint density at radius 3 is 2.58 bits per heavy atom. The molecule has 0 aliphatic rings. The van der Waals surface area contributed by atoms with Gasteiger partial charge in [-0.25, -0.2) is 4.79 Å². The van der Waals surface area contributed by atoms with Crippen LogP contribution in [0.15, 0.2) is 15.8 Å². The van der Waals surface area contributed by atoms with Crippen LogP contribution in [0.5, 0.6) is 0 Å². The summed E-state index contributed by atoms with van der Waals surface area (Å²) in [7, 11) is 6.30. The zero-order chi connectivity index (χ0) is 14.4. The molecule has 0 bridgehead atoms. The molecule has 0 fully saturated rings. The van der Waals surface area contributed by atoms with Gasteiger partial charge < -0.3 is 19.4 Å². The Labute approximate surface area is 111 Å². The predicted molar refractivity (Wildman–Crippen MR) is 71.3 cm³/mol. The second-order valence-electron chi connectivity index (χ2n) is 4.36. The highest BCUT2D eigenvalue weighted by molar-refractivity contribution is 5.05. The van der Waals surface area contributed by atoms with E-state index < -0.39 is 0 Å². The number of methoxy groups -OCH3 is 2. The molecule has 0 saturated heterocycles. The van der Waals surface area contributed by atoms with Crippen LogP contribution in [-0.2, 0) is 30.1 Å². The summed E-state index contributed by atoms with van der Waals surface area (Å²) in [6, 6.07) is 0. The lowest BCUT2D eigenvalue weighted by atomic mass is 10.3. The third kappa shape index (κ3) is 4.02. The minimum atomic E-state index is -0.331. The summed E-state index contributed by atoms with van der Waals surface area (Å²) < 4.78 is 12.7. The molecule has 1 rings (SSSR count). The molecule has 0 aliphatic carbocycles. The first-order valence-corrected chi connectivity index (χ1v) is 5.99. The molecule has 1 aromatic heterocycles. The van der Waals surface area contributed by atoms with E-state index in [0.717, 1.165) is 4.57 Å². The van der Waals surface area contributed by atoms with Crippen molar-refractivity contribution in [3.05, 3.63) is 32.6 Å². The fourth-order valence-corrected chi connectivity index (χ4v) is 1.77. The molecule has 1 atom stereocenters. The van der Waals surface area contributed by atoms with E-state index in [2.05, 4.69) is 5.32 Å². The van der Waals surface area contributed by atoms with E-state index in [-0.39, 0.29) is 17.4 Å². The van der Waals surface area contributed by atoms with Crippen LogP contribution in [0.3, 0.4) is 0 Å². The molecule has 0 saturated carbocycles. The van der Waals surface area contributed by atoms with Crippen molar-refractivity contribution >= 4 is 0 Å². The summed E-state index contributed by atoms with van der Waals surface area (Å²) in [6.45, 7) is 1.43. The van der Waals surface area contributed by atoms with Crippen molar-refractivity contribution in [1.29, 1.82) is 0 Å². The minimum Gasteiger partial charge on any atom is -0.382 e. The van der Waals surface area contributed by atoms with Gasteiger partial charge >= 0.3 is 5.69 Å². The first-order valence-electron chi connectivity index (χ1n) is 5.99. The van der Waals surface area contributed by atoms with Crippen molar-refractivity contribution in [2.45, 2.75) is 12.6 Å². The van der Waals surface area contributed by atoms with Gasteiger partial charge in [0.1, 0.15) is 0 Å². The molecule has 19 heavy (non-hydrogen) atoms. The van der Waals surface area contributed by atoms with Gasteiger partial charge in [0.25, 0.3) is 5.56 Å². The summed E-state index contributed by atoms with van der Waals surface area (Å²) in [4.78, 5) is 23.4. The van der Waals surface area contributed by atoms with Gasteiger partial charge in [0, 0.05) is 53.2 Å². The lowest BCUT2D eigenvalue weighted by Crippen LogP contribution is -2.40. The Balaban J connectivity index is 2.69. The van der Waals surface area contributed by atoms with Crippen LogP contribution >= 0.6 is 0 Å². The fourth-order valence-electron chi connectivity index (χ4n) is 1.77. The molecular formula is C12H21N3O4. The fraction of sp³-hybridized carbons (Fsp3) is 0.667. The summed E-state index contributed by atoms with van der Waals surface area (Å²) in [5, 5.41) is 3.12. The SMILES string of the molecule is COCC(CNCc1cn(C)c(=O)n(C)c1=O)OC. The van der Waals surface area contributed by atoms with E-state index in [4.69, 9.17) is 9.47 Å². The predicted octanol–water partition coefficient (Wildman–Crippen LogP) is -1.16. The van der Waals surface area contributed by atoms with Crippen LogP contribution < -0.4 is 16.6 Å². The van der Waals surface area contributed by atoms with Gasteiger partial charge in [-0.3, -0.25) is 9.36 Å². The number of hydrogen-bond donors (Lipinski definition) is 1. The van der Waals surface area contributed by atoms with E-state index in [9.17, 15) is 9.59 Å². The standard InChI is InChI=1S/C12H21N3O4/c1-14-7-9(11(16)15(2)12(14)17)5-13-6-10(19-4)8-18-3/h7,10,13H,5-6,8H2,1-4H3. The number of rotatable bonds is 7. The second kappa shape index (κ2) is 7.22. The Morgan fingerprint density at radius 2 is 2.00 bits per heavy atom. The van der Waals surface area contributed by atoms with Gasteiger partial charge in [-0.05, 0) is 0 Å². The van der Waals surface area contributed by atoms with Crippen molar-refractivity contribution in [1.82, 2.24) is 14.5 Å². The number of aryl methyl sites for hydroxylation is 1. The Bertz CT molecular complexity index is 521. The Morgan fingerprint density at radius 1 is 1.32 bits per heavy atom. The van der Waals surface area contributed by atoms with E-state index in [1.807, 2.05) is 0 Å². The largest absolute Gasteiger partial charge is 0.382 e. The van der Waals surface area contributed by atoms with Crippen LogP contribution in [0.25, 0.3) is 0 Å². The number of hydrogen-bond acceptors (Lipinski definition) is 5. The maximum atomic E-state index is 11.9. The first-order chi connectivity index (χ1) is 9.01. The van der Waals surface area contributed by atoms with Gasteiger partial charge in [-0.15, -0.1) is 0 Å². The highest BCUT2D eigenvalue weighted by Crippen LogP contribution is 1.91. The molecule has 0 radical (unpaired) electrons. The van der Waals surface area contributed by atoms with Gasteiger partial charge in [0.2, 0.25) is 0 Å². The third-order valence-corrected chi connectivity index (χ3v) is 2.89. The van der Waals surface area contributed by atoms with Crippen LogP contribution in [0.1, 0.15) is 5.56 Å². The maximum Gasteiger partial charge on any atom is 0.330 e. The normalized spacial score (nSPS) is 12.6. The van der Waals surface area contributed by atoms with Crippen LogP contribution in [0.4, 0.5) is 0 Å². The van der Waals surface area contributed by atoms with Gasteiger partial charge in [0.05, 0.1) is 12.7 Å². The van der Waals surface area contributed by atoms with Crippen LogP contribution in [-0.4, -0.2) is 42.6 Å². The molecule has 7 nitrogen and oxygen atoms in total. The molecule has 0 aliphatic heterocycles. The molecule has 1 heterocycles. The third-order valence-electron chi connectivity index (χ3n) is 2.89. The van der Waals surface area contributed by atoms with Crippen molar-refractivity contribution < 1.29 is 9.47 Å². The number of ether oxygens (including phenoxy) is 2. The molecule has 7 heteroatoms. The van der Waals surface area contributed by atoms with Crippen LogP contribution in [0.2, 0.25) is 0 Å². The van der Waals surface area contributed by atoms with E-state index in [1.54, 1.807) is 27.5 Å². The lowest BCUT2D eigenvalue weighted by Gasteiger charge is -2.15. The van der Waals surface area contributed by atoms with Gasteiger partial charge in [-0.2, -0.15) is 0 Å². The average molecular weight is 271 g/mol. The quantitative estimate of drug-likeness (QED) is 0.677. The highest BCUT2D eigenvalue weighted by atomic mass is 16.5. The second-order valence-corrected chi connectivity index (χ2v) is 4.36. The number of nitrogens with zero attached hydrogens (tertiary/aromatic N) is 2. The zero-order valence-corrected chi connectivity index (χ0v) is 11.8. The molecular weight excluding hydrogens is 250 g/mol. The molecule has 0 aromatic carbocycles. The molecule has 108 valence electrons. The Kier molecular flexibility index (Phi) is 5.94.